The van der Waals surface area contributed by atoms with E-state index in [9.17, 15) is 5.11 Å². The van der Waals surface area contributed by atoms with Crippen molar-refractivity contribution in [3.63, 3.8) is 0 Å². The van der Waals surface area contributed by atoms with Crippen LogP contribution in [0.25, 0.3) is 0 Å². The van der Waals surface area contributed by atoms with Crippen LogP contribution in [0, 0.1) is 0 Å². The molecule has 0 radical (unpaired) electrons. The zero-order valence-electron chi connectivity index (χ0n) is 11.3. The molecule has 0 saturated carbocycles. The van der Waals surface area contributed by atoms with Crippen LogP contribution in [-0.2, 0) is 6.61 Å². The molecule has 0 aromatic heterocycles. The molecule has 1 rings (SSSR count). The van der Waals surface area contributed by atoms with E-state index >= 15 is 0 Å². The number of rotatable bonds is 7. The number of hydrogen-bond donors (Lipinski definition) is 1. The second kappa shape index (κ2) is 7.33. The van der Waals surface area contributed by atoms with Crippen LogP contribution >= 0.6 is 0 Å². The predicted molar refractivity (Wildman–Crippen MR) is 74.4 cm³/mol. The highest BCUT2D eigenvalue weighted by Gasteiger charge is 2.12. The first-order valence-electron chi connectivity index (χ1n) is 6.66. The molecule has 1 aromatic carbocycles. The van der Waals surface area contributed by atoms with Crippen LogP contribution in [0.15, 0.2) is 24.3 Å². The monoisotopic (exact) mass is 235 g/mol. The Morgan fingerprint density at radius 3 is 2.47 bits per heavy atom. The summed E-state index contributed by atoms with van der Waals surface area (Å²) in [6, 6.07) is 8.62. The first-order chi connectivity index (χ1) is 8.20. The molecule has 0 aliphatic heterocycles. The van der Waals surface area contributed by atoms with Crippen LogP contribution in [0.4, 0.5) is 5.69 Å². The molecule has 1 N–H and O–H groups in total. The highest BCUT2D eigenvalue weighted by Crippen LogP contribution is 2.23. The van der Waals surface area contributed by atoms with Gasteiger partial charge in [-0.3, -0.25) is 0 Å². The van der Waals surface area contributed by atoms with Crippen molar-refractivity contribution in [2.45, 2.75) is 52.7 Å². The van der Waals surface area contributed by atoms with Crippen molar-refractivity contribution in [2.75, 3.05) is 11.4 Å². The van der Waals surface area contributed by atoms with Crippen molar-refractivity contribution in [2.24, 2.45) is 0 Å². The van der Waals surface area contributed by atoms with Crippen molar-refractivity contribution in [1.82, 2.24) is 0 Å². The molecule has 0 spiro atoms. The third-order valence-corrected chi connectivity index (χ3v) is 3.10. The lowest BCUT2D eigenvalue weighted by Crippen LogP contribution is -2.32. The molecule has 0 atom stereocenters. The summed E-state index contributed by atoms with van der Waals surface area (Å²) >= 11 is 0. The molecule has 2 heteroatoms. The Kier molecular flexibility index (Phi) is 6.06. The number of aliphatic hydroxyl groups excluding tert-OH is 1. The Labute approximate surface area is 105 Å². The van der Waals surface area contributed by atoms with Crippen molar-refractivity contribution >= 4 is 5.69 Å². The van der Waals surface area contributed by atoms with E-state index in [2.05, 4.69) is 31.7 Å². The minimum Gasteiger partial charge on any atom is -0.392 e. The number of para-hydroxylation sites is 1. The van der Waals surface area contributed by atoms with E-state index in [1.165, 1.54) is 24.9 Å². The molecule has 1 aromatic rings. The van der Waals surface area contributed by atoms with E-state index in [0.717, 1.165) is 12.1 Å². The average molecular weight is 235 g/mol. The van der Waals surface area contributed by atoms with Gasteiger partial charge in [-0.25, -0.2) is 0 Å². The van der Waals surface area contributed by atoms with E-state index in [4.69, 9.17) is 0 Å². The molecular formula is C15H25NO. The Balaban J connectivity index is 2.81. The molecule has 0 unspecified atom stereocenters. The average Bonchev–Trinajstić information content (AvgIpc) is 2.34. The summed E-state index contributed by atoms with van der Waals surface area (Å²) in [6.07, 6.45) is 3.73. The summed E-state index contributed by atoms with van der Waals surface area (Å²) in [7, 11) is 0. The number of benzene rings is 1. The van der Waals surface area contributed by atoms with Gasteiger partial charge in [-0.05, 0) is 26.3 Å². The van der Waals surface area contributed by atoms with Crippen LogP contribution < -0.4 is 4.90 Å². The molecule has 2 nitrogen and oxygen atoms in total. The first-order valence-corrected chi connectivity index (χ1v) is 6.66. The zero-order chi connectivity index (χ0) is 12.7. The topological polar surface area (TPSA) is 23.5 Å². The Morgan fingerprint density at radius 2 is 1.88 bits per heavy atom. The Bertz CT molecular complexity index is 322. The van der Waals surface area contributed by atoms with Crippen LogP contribution in [0.1, 0.15) is 45.6 Å². The third kappa shape index (κ3) is 4.04. The van der Waals surface area contributed by atoms with Crippen molar-refractivity contribution in [3.8, 4) is 0 Å². The van der Waals surface area contributed by atoms with Crippen molar-refractivity contribution < 1.29 is 5.11 Å². The van der Waals surface area contributed by atoms with Gasteiger partial charge in [0.1, 0.15) is 0 Å². The van der Waals surface area contributed by atoms with Crippen LogP contribution in [0.3, 0.4) is 0 Å². The second-order valence-corrected chi connectivity index (χ2v) is 4.78. The number of unbranched alkanes of at least 4 members (excludes halogenated alkanes) is 2. The maximum absolute atomic E-state index is 9.39. The van der Waals surface area contributed by atoms with Crippen molar-refractivity contribution in [3.05, 3.63) is 29.8 Å². The summed E-state index contributed by atoms with van der Waals surface area (Å²) in [4.78, 5) is 2.39. The zero-order valence-corrected chi connectivity index (χ0v) is 11.3. The second-order valence-electron chi connectivity index (χ2n) is 4.78. The van der Waals surface area contributed by atoms with Crippen LogP contribution in [0.5, 0.6) is 0 Å². The normalized spacial score (nSPS) is 10.9. The summed E-state index contributed by atoms with van der Waals surface area (Å²) < 4.78 is 0. The quantitative estimate of drug-likeness (QED) is 0.730. The molecule has 0 heterocycles. The van der Waals surface area contributed by atoms with Gasteiger partial charge in [-0.2, -0.15) is 0 Å². The molecule has 96 valence electrons. The molecule has 0 saturated heterocycles. The Hall–Kier alpha value is -1.02. The molecule has 0 aliphatic carbocycles. The minimum absolute atomic E-state index is 0.118. The lowest BCUT2D eigenvalue weighted by molar-refractivity contribution is 0.282. The van der Waals surface area contributed by atoms with Gasteiger partial charge < -0.3 is 10.0 Å². The van der Waals surface area contributed by atoms with Gasteiger partial charge in [-0.15, -0.1) is 0 Å². The molecule has 0 fully saturated rings. The molecule has 0 bridgehead atoms. The van der Waals surface area contributed by atoms with Crippen LogP contribution in [0.2, 0.25) is 0 Å². The standard InChI is InChI=1S/C15H25NO/c1-4-5-8-11-16(13(2)3)15-10-7-6-9-14(15)12-17/h6-7,9-10,13,17H,4-5,8,11-12H2,1-3H3. The largest absolute Gasteiger partial charge is 0.392 e. The predicted octanol–water partition coefficient (Wildman–Crippen LogP) is 3.58. The van der Waals surface area contributed by atoms with E-state index < -0.39 is 0 Å². The summed E-state index contributed by atoms with van der Waals surface area (Å²) in [5.74, 6) is 0. The highest BCUT2D eigenvalue weighted by atomic mass is 16.3. The smallest absolute Gasteiger partial charge is 0.0702 e. The lowest BCUT2D eigenvalue weighted by atomic mass is 10.1. The summed E-state index contributed by atoms with van der Waals surface area (Å²) in [5.41, 5.74) is 2.21. The van der Waals surface area contributed by atoms with Gasteiger partial charge in [0.15, 0.2) is 0 Å². The summed E-state index contributed by atoms with van der Waals surface area (Å²) in [5, 5.41) is 9.39. The molecule has 0 amide bonds. The van der Waals surface area contributed by atoms with E-state index in [0.29, 0.717) is 6.04 Å². The number of aliphatic hydroxyl groups is 1. The third-order valence-electron chi connectivity index (χ3n) is 3.10. The fraction of sp³-hybridized carbons (Fsp3) is 0.600. The highest BCUT2D eigenvalue weighted by molar-refractivity contribution is 5.54. The van der Waals surface area contributed by atoms with Gasteiger partial charge in [0.2, 0.25) is 0 Å². The van der Waals surface area contributed by atoms with E-state index in [-0.39, 0.29) is 6.61 Å². The number of anilines is 1. The van der Waals surface area contributed by atoms with Crippen molar-refractivity contribution in [1.29, 1.82) is 0 Å². The molecule has 0 aliphatic rings. The first kappa shape index (κ1) is 14.0. The van der Waals surface area contributed by atoms with Crippen LogP contribution in [-0.4, -0.2) is 17.7 Å². The maximum Gasteiger partial charge on any atom is 0.0702 e. The van der Waals surface area contributed by atoms with Gasteiger partial charge in [0.25, 0.3) is 0 Å². The number of nitrogens with zero attached hydrogens (tertiary/aromatic N) is 1. The van der Waals surface area contributed by atoms with Gasteiger partial charge in [0.05, 0.1) is 6.61 Å². The number of hydrogen-bond acceptors (Lipinski definition) is 2. The van der Waals surface area contributed by atoms with Gasteiger partial charge >= 0.3 is 0 Å². The summed E-state index contributed by atoms with van der Waals surface area (Å²) in [6.45, 7) is 7.83. The minimum atomic E-state index is 0.118. The molecular weight excluding hydrogens is 210 g/mol. The SMILES string of the molecule is CCCCCN(c1ccccc1CO)C(C)C. The molecule has 17 heavy (non-hydrogen) atoms. The fourth-order valence-corrected chi connectivity index (χ4v) is 2.11. The Morgan fingerprint density at radius 1 is 1.18 bits per heavy atom. The van der Waals surface area contributed by atoms with E-state index in [1.54, 1.807) is 0 Å². The maximum atomic E-state index is 9.39. The lowest BCUT2D eigenvalue weighted by Gasteiger charge is -2.30. The fourth-order valence-electron chi connectivity index (χ4n) is 2.11. The van der Waals surface area contributed by atoms with E-state index in [1.807, 2.05) is 18.2 Å². The van der Waals surface area contributed by atoms with Gasteiger partial charge in [-0.1, -0.05) is 38.0 Å². The van der Waals surface area contributed by atoms with Gasteiger partial charge in [0, 0.05) is 23.8 Å².